The number of carbonyl (C=O) groups excluding carboxylic acids is 1. The molecule has 0 radical (unpaired) electrons. The van der Waals surface area contributed by atoms with Crippen molar-refractivity contribution in [2.75, 3.05) is 0 Å². The quantitative estimate of drug-likeness (QED) is 0.917. The molecule has 1 N–H and O–H groups in total. The minimum Gasteiger partial charge on any atom is -0.274 e. The predicted molar refractivity (Wildman–Crippen MR) is 79.7 cm³/mol. The van der Waals surface area contributed by atoms with E-state index in [0.717, 1.165) is 11.8 Å². The third-order valence-electron chi connectivity index (χ3n) is 3.46. The number of pyridine rings is 2. The maximum Gasteiger partial charge on any atom is 0.265 e. The number of rotatable bonds is 4. The molecule has 1 aliphatic carbocycles. The van der Waals surface area contributed by atoms with Crippen molar-refractivity contribution in [1.29, 1.82) is 0 Å². The fraction of sp³-hybridized carbons (Fsp3) is 0.214. The standard InChI is InChI=1S/C14H12ClN3O3S/c15-10-4-11(8-17-7-10)22(20,21)18-14(19)13-5-12(13)9-2-1-3-16-6-9/h1-4,6-8,12-13H,5H2,(H,18,19)/t12-,13-/m0/s1. The molecule has 1 fully saturated rings. The summed E-state index contributed by atoms with van der Waals surface area (Å²) in [6.07, 6.45) is 6.42. The lowest BCUT2D eigenvalue weighted by Crippen LogP contribution is -2.32. The van der Waals surface area contributed by atoms with Gasteiger partial charge in [0.05, 0.1) is 5.02 Å². The second-order valence-corrected chi connectivity index (χ2v) is 7.16. The summed E-state index contributed by atoms with van der Waals surface area (Å²) in [6, 6.07) is 4.91. The lowest BCUT2D eigenvalue weighted by molar-refractivity contribution is -0.120. The van der Waals surface area contributed by atoms with Crippen molar-refractivity contribution in [2.24, 2.45) is 5.92 Å². The highest BCUT2D eigenvalue weighted by atomic mass is 35.5. The highest BCUT2D eigenvalue weighted by Crippen LogP contribution is 2.47. The maximum absolute atomic E-state index is 12.1. The van der Waals surface area contributed by atoms with E-state index in [1.165, 1.54) is 12.3 Å². The monoisotopic (exact) mass is 337 g/mol. The molecule has 2 aromatic heterocycles. The largest absolute Gasteiger partial charge is 0.274 e. The van der Waals surface area contributed by atoms with Gasteiger partial charge in [0.15, 0.2) is 0 Å². The van der Waals surface area contributed by atoms with Gasteiger partial charge in [-0.1, -0.05) is 17.7 Å². The summed E-state index contributed by atoms with van der Waals surface area (Å²) in [7, 11) is -3.95. The van der Waals surface area contributed by atoms with Crippen molar-refractivity contribution in [2.45, 2.75) is 17.2 Å². The molecule has 2 aromatic rings. The van der Waals surface area contributed by atoms with E-state index in [1.54, 1.807) is 18.5 Å². The molecule has 0 aromatic carbocycles. The predicted octanol–water partition coefficient (Wildman–Crippen LogP) is 1.74. The van der Waals surface area contributed by atoms with E-state index in [4.69, 9.17) is 11.6 Å². The average molecular weight is 338 g/mol. The second-order valence-electron chi connectivity index (χ2n) is 5.04. The Balaban J connectivity index is 1.70. The summed E-state index contributed by atoms with van der Waals surface area (Å²) in [5.41, 5.74) is 0.935. The third-order valence-corrected chi connectivity index (χ3v) is 4.99. The molecule has 0 bridgehead atoms. The molecular weight excluding hydrogens is 326 g/mol. The van der Waals surface area contributed by atoms with Crippen LogP contribution in [0.2, 0.25) is 5.02 Å². The van der Waals surface area contributed by atoms with E-state index >= 15 is 0 Å². The van der Waals surface area contributed by atoms with Gasteiger partial charge in [-0.05, 0) is 30.0 Å². The van der Waals surface area contributed by atoms with Crippen LogP contribution in [0.4, 0.5) is 0 Å². The van der Waals surface area contributed by atoms with E-state index in [2.05, 4.69) is 14.7 Å². The van der Waals surface area contributed by atoms with Gasteiger partial charge in [0.25, 0.3) is 10.0 Å². The van der Waals surface area contributed by atoms with Crippen LogP contribution in [0.5, 0.6) is 0 Å². The van der Waals surface area contributed by atoms with Crippen molar-refractivity contribution in [1.82, 2.24) is 14.7 Å². The van der Waals surface area contributed by atoms with Crippen LogP contribution in [-0.2, 0) is 14.8 Å². The Hall–Kier alpha value is -1.99. The van der Waals surface area contributed by atoms with Crippen LogP contribution in [0.25, 0.3) is 0 Å². The zero-order valence-electron chi connectivity index (χ0n) is 11.3. The van der Waals surface area contributed by atoms with Crippen LogP contribution in [0.3, 0.4) is 0 Å². The summed E-state index contributed by atoms with van der Waals surface area (Å²) < 4.78 is 26.3. The molecule has 22 heavy (non-hydrogen) atoms. The number of hydrogen-bond acceptors (Lipinski definition) is 5. The van der Waals surface area contributed by atoms with Crippen LogP contribution in [-0.4, -0.2) is 24.3 Å². The lowest BCUT2D eigenvalue weighted by atomic mass is 10.1. The molecule has 114 valence electrons. The lowest BCUT2D eigenvalue weighted by Gasteiger charge is -2.06. The van der Waals surface area contributed by atoms with E-state index in [9.17, 15) is 13.2 Å². The summed E-state index contributed by atoms with van der Waals surface area (Å²) in [5, 5.41) is 0.190. The number of aromatic nitrogens is 2. The van der Waals surface area contributed by atoms with Crippen LogP contribution in [0.1, 0.15) is 17.9 Å². The van der Waals surface area contributed by atoms with Crippen LogP contribution in [0, 0.1) is 5.92 Å². The summed E-state index contributed by atoms with van der Waals surface area (Å²) in [5.74, 6) is -0.860. The van der Waals surface area contributed by atoms with Gasteiger partial charge in [0.1, 0.15) is 4.90 Å². The Bertz CT molecular complexity index is 811. The van der Waals surface area contributed by atoms with Crippen LogP contribution in [0.15, 0.2) is 47.9 Å². The number of hydrogen-bond donors (Lipinski definition) is 1. The van der Waals surface area contributed by atoms with Crippen molar-refractivity contribution in [3.05, 3.63) is 53.6 Å². The number of nitrogens with zero attached hydrogens (tertiary/aromatic N) is 2. The van der Waals surface area contributed by atoms with E-state index in [-0.39, 0.29) is 21.8 Å². The highest BCUT2D eigenvalue weighted by molar-refractivity contribution is 7.90. The van der Waals surface area contributed by atoms with Gasteiger partial charge in [-0.2, -0.15) is 0 Å². The van der Waals surface area contributed by atoms with Crippen molar-refractivity contribution < 1.29 is 13.2 Å². The first kappa shape index (κ1) is 14.9. The summed E-state index contributed by atoms with van der Waals surface area (Å²) in [4.78, 5) is 19.7. The summed E-state index contributed by atoms with van der Waals surface area (Å²) in [6.45, 7) is 0. The second kappa shape index (κ2) is 5.66. The first-order valence-electron chi connectivity index (χ1n) is 6.54. The molecule has 1 saturated carbocycles. The third kappa shape index (κ3) is 3.10. The van der Waals surface area contributed by atoms with Gasteiger partial charge in [0, 0.05) is 30.7 Å². The topological polar surface area (TPSA) is 89.0 Å². The number of sulfonamides is 1. The highest BCUT2D eigenvalue weighted by Gasteiger charge is 2.45. The van der Waals surface area contributed by atoms with Crippen molar-refractivity contribution in [3.8, 4) is 0 Å². The Labute approximate surface area is 132 Å². The number of amides is 1. The zero-order chi connectivity index (χ0) is 15.7. The zero-order valence-corrected chi connectivity index (χ0v) is 12.9. The Morgan fingerprint density at radius 1 is 1.27 bits per heavy atom. The van der Waals surface area contributed by atoms with Gasteiger partial charge < -0.3 is 0 Å². The number of halogens is 1. The average Bonchev–Trinajstić information content (AvgIpc) is 3.28. The Kier molecular flexibility index (Phi) is 3.84. The van der Waals surface area contributed by atoms with Gasteiger partial charge in [-0.25, -0.2) is 13.1 Å². The summed E-state index contributed by atoms with van der Waals surface area (Å²) >= 11 is 5.72. The Morgan fingerprint density at radius 2 is 2.09 bits per heavy atom. The molecule has 0 aliphatic heterocycles. The smallest absolute Gasteiger partial charge is 0.265 e. The molecule has 0 saturated heterocycles. The van der Waals surface area contributed by atoms with Crippen LogP contribution >= 0.6 is 11.6 Å². The van der Waals surface area contributed by atoms with E-state index in [0.29, 0.717) is 6.42 Å². The molecule has 2 heterocycles. The van der Waals surface area contributed by atoms with Gasteiger partial charge >= 0.3 is 0 Å². The van der Waals surface area contributed by atoms with Gasteiger partial charge in [-0.15, -0.1) is 0 Å². The van der Waals surface area contributed by atoms with Crippen molar-refractivity contribution in [3.63, 3.8) is 0 Å². The first-order valence-corrected chi connectivity index (χ1v) is 8.40. The molecule has 0 spiro atoms. The molecule has 8 heteroatoms. The molecule has 2 atom stereocenters. The first-order chi connectivity index (χ1) is 10.5. The Morgan fingerprint density at radius 3 is 2.77 bits per heavy atom. The fourth-order valence-electron chi connectivity index (χ4n) is 2.25. The van der Waals surface area contributed by atoms with E-state index < -0.39 is 15.9 Å². The van der Waals surface area contributed by atoms with Crippen LogP contribution < -0.4 is 4.72 Å². The molecule has 1 amide bonds. The molecule has 1 aliphatic rings. The molecule has 0 unspecified atom stereocenters. The fourth-order valence-corrected chi connectivity index (χ4v) is 3.51. The van der Waals surface area contributed by atoms with Gasteiger partial charge in [0.2, 0.25) is 5.91 Å². The number of carbonyl (C=O) groups is 1. The normalized spacial score (nSPS) is 20.4. The SMILES string of the molecule is O=C(NS(=O)(=O)c1cncc(Cl)c1)[C@H]1C[C@H]1c1cccnc1. The minimum atomic E-state index is -3.95. The minimum absolute atomic E-state index is 0.0152. The van der Waals surface area contributed by atoms with Crippen molar-refractivity contribution >= 4 is 27.5 Å². The van der Waals surface area contributed by atoms with E-state index in [1.807, 2.05) is 6.07 Å². The molecule has 3 rings (SSSR count). The molecule has 6 nitrogen and oxygen atoms in total. The number of nitrogens with one attached hydrogen (secondary N) is 1. The maximum atomic E-state index is 12.1. The molecular formula is C14H12ClN3O3S. The van der Waals surface area contributed by atoms with Gasteiger partial charge in [-0.3, -0.25) is 14.8 Å².